The quantitative estimate of drug-likeness (QED) is 0.807. The summed E-state index contributed by atoms with van der Waals surface area (Å²) in [6.07, 6.45) is 0. The van der Waals surface area contributed by atoms with Crippen molar-refractivity contribution in [1.82, 2.24) is 0 Å². The molecule has 1 N–H and O–H groups in total. The summed E-state index contributed by atoms with van der Waals surface area (Å²) < 4.78 is 12.8. The van der Waals surface area contributed by atoms with Crippen LogP contribution in [0.3, 0.4) is 0 Å². The van der Waals surface area contributed by atoms with Crippen LogP contribution in [0.1, 0.15) is 13.8 Å². The van der Waals surface area contributed by atoms with Gasteiger partial charge in [0.25, 0.3) is 0 Å². The molecule has 0 fully saturated rings. The van der Waals surface area contributed by atoms with E-state index < -0.39 is 17.1 Å². The fourth-order valence-corrected chi connectivity index (χ4v) is 0.904. The van der Waals surface area contributed by atoms with E-state index in [1.807, 2.05) is 6.07 Å². The highest BCUT2D eigenvalue weighted by Gasteiger charge is 2.27. The Morgan fingerprint density at radius 1 is 1.53 bits per heavy atom. The third-order valence-electron chi connectivity index (χ3n) is 1.93. The molecule has 1 rings (SSSR count). The van der Waals surface area contributed by atoms with Gasteiger partial charge in [0.05, 0.1) is 6.07 Å². The van der Waals surface area contributed by atoms with Crippen molar-refractivity contribution in [3.63, 3.8) is 0 Å². The van der Waals surface area contributed by atoms with Crippen LogP contribution in [-0.4, -0.2) is 5.91 Å². The average Bonchev–Trinajstić information content (AvgIpc) is 2.17. The summed E-state index contributed by atoms with van der Waals surface area (Å²) in [5, 5.41) is 11.2. The molecule has 0 atom stereocenters. The van der Waals surface area contributed by atoms with E-state index in [2.05, 4.69) is 5.32 Å². The molecule has 1 aromatic carbocycles. The molecule has 0 radical (unpaired) electrons. The molecule has 0 aliphatic heterocycles. The summed E-state index contributed by atoms with van der Waals surface area (Å²) in [4.78, 5) is 11.5. The van der Waals surface area contributed by atoms with E-state index in [1.165, 1.54) is 32.0 Å². The Hall–Kier alpha value is -1.89. The molecule has 4 heteroatoms. The third-order valence-corrected chi connectivity index (χ3v) is 1.93. The van der Waals surface area contributed by atoms with Crippen molar-refractivity contribution in [2.24, 2.45) is 5.41 Å². The second-order valence-electron chi connectivity index (χ2n) is 3.70. The van der Waals surface area contributed by atoms with Crippen LogP contribution >= 0.6 is 0 Å². The Morgan fingerprint density at radius 3 is 2.73 bits per heavy atom. The molecule has 15 heavy (non-hydrogen) atoms. The van der Waals surface area contributed by atoms with Crippen LogP contribution in [0, 0.1) is 22.6 Å². The van der Waals surface area contributed by atoms with Gasteiger partial charge in [0.1, 0.15) is 11.2 Å². The highest BCUT2D eigenvalue weighted by Crippen LogP contribution is 2.17. The average molecular weight is 206 g/mol. The van der Waals surface area contributed by atoms with Crippen LogP contribution in [0.2, 0.25) is 0 Å². The van der Waals surface area contributed by atoms with Gasteiger partial charge in [-0.2, -0.15) is 5.26 Å². The minimum Gasteiger partial charge on any atom is -0.325 e. The molecule has 3 nitrogen and oxygen atoms in total. The maximum Gasteiger partial charge on any atom is 0.244 e. The summed E-state index contributed by atoms with van der Waals surface area (Å²) in [5.41, 5.74) is -0.768. The summed E-state index contributed by atoms with van der Waals surface area (Å²) in [5.74, 6) is -0.877. The number of nitrogens with zero attached hydrogens (tertiary/aromatic N) is 1. The minimum atomic E-state index is -1.12. The van der Waals surface area contributed by atoms with Crippen molar-refractivity contribution in [2.75, 3.05) is 5.32 Å². The first-order valence-corrected chi connectivity index (χ1v) is 4.44. The Morgan fingerprint density at radius 2 is 2.20 bits per heavy atom. The van der Waals surface area contributed by atoms with Gasteiger partial charge >= 0.3 is 0 Å². The fourth-order valence-electron chi connectivity index (χ4n) is 0.904. The Bertz CT molecular complexity index is 421. The van der Waals surface area contributed by atoms with Gasteiger partial charge < -0.3 is 5.32 Å². The van der Waals surface area contributed by atoms with E-state index in [0.717, 1.165) is 0 Å². The van der Waals surface area contributed by atoms with Crippen molar-refractivity contribution in [3.8, 4) is 6.07 Å². The van der Waals surface area contributed by atoms with Crippen LogP contribution in [0.4, 0.5) is 10.1 Å². The smallest absolute Gasteiger partial charge is 0.244 e. The second-order valence-corrected chi connectivity index (χ2v) is 3.70. The molecule has 0 spiro atoms. The zero-order valence-electron chi connectivity index (χ0n) is 8.54. The van der Waals surface area contributed by atoms with Crippen LogP contribution in [0.25, 0.3) is 0 Å². The Labute approximate surface area is 87.5 Å². The number of nitriles is 1. The summed E-state index contributed by atoms with van der Waals surface area (Å²) in [6.45, 7) is 3.00. The number of hydrogen-bond donors (Lipinski definition) is 1. The van der Waals surface area contributed by atoms with Gasteiger partial charge in [0.2, 0.25) is 5.91 Å². The van der Waals surface area contributed by atoms with Crippen LogP contribution in [0.15, 0.2) is 24.3 Å². The fraction of sp³-hybridized carbons (Fsp3) is 0.273. The number of carbonyl (C=O) groups excluding carboxylic acids is 1. The van der Waals surface area contributed by atoms with Crippen molar-refractivity contribution in [3.05, 3.63) is 30.1 Å². The molecule has 1 aromatic rings. The van der Waals surface area contributed by atoms with Gasteiger partial charge in [-0.1, -0.05) is 6.07 Å². The van der Waals surface area contributed by atoms with E-state index in [0.29, 0.717) is 5.69 Å². The van der Waals surface area contributed by atoms with E-state index in [1.54, 1.807) is 6.07 Å². The molecule has 0 saturated carbocycles. The van der Waals surface area contributed by atoms with E-state index in [-0.39, 0.29) is 0 Å². The molecule has 0 saturated heterocycles. The van der Waals surface area contributed by atoms with E-state index >= 15 is 0 Å². The largest absolute Gasteiger partial charge is 0.325 e. The first-order chi connectivity index (χ1) is 6.95. The van der Waals surface area contributed by atoms with Gasteiger partial charge in [-0.25, -0.2) is 4.39 Å². The number of halogens is 1. The predicted molar refractivity (Wildman–Crippen MR) is 54.4 cm³/mol. The lowest BCUT2D eigenvalue weighted by molar-refractivity contribution is -0.121. The molecule has 78 valence electrons. The number of benzene rings is 1. The van der Waals surface area contributed by atoms with Crippen LogP contribution < -0.4 is 5.32 Å². The molecule has 0 aliphatic rings. The SMILES string of the molecule is CC(C)(C#N)C(=O)Nc1cccc(F)c1. The number of hydrogen-bond acceptors (Lipinski definition) is 2. The lowest BCUT2D eigenvalue weighted by Gasteiger charge is -2.14. The lowest BCUT2D eigenvalue weighted by atomic mass is 9.94. The molecular formula is C11H11FN2O. The summed E-state index contributed by atoms with van der Waals surface area (Å²) in [6, 6.07) is 7.41. The molecule has 0 heterocycles. The third kappa shape index (κ3) is 2.78. The molecule has 0 bridgehead atoms. The van der Waals surface area contributed by atoms with Gasteiger partial charge in [0, 0.05) is 5.69 Å². The van der Waals surface area contributed by atoms with Crippen LogP contribution in [0.5, 0.6) is 0 Å². The topological polar surface area (TPSA) is 52.9 Å². The molecular weight excluding hydrogens is 195 g/mol. The van der Waals surface area contributed by atoms with Gasteiger partial charge in [-0.3, -0.25) is 4.79 Å². The molecule has 1 amide bonds. The lowest BCUT2D eigenvalue weighted by Crippen LogP contribution is -2.29. The number of carbonyl (C=O) groups is 1. The first kappa shape index (κ1) is 11.2. The van der Waals surface area contributed by atoms with Crippen molar-refractivity contribution in [2.45, 2.75) is 13.8 Å². The van der Waals surface area contributed by atoms with Gasteiger partial charge in [0.15, 0.2) is 0 Å². The summed E-state index contributed by atoms with van der Waals surface area (Å²) in [7, 11) is 0. The zero-order valence-corrected chi connectivity index (χ0v) is 8.54. The molecule has 0 unspecified atom stereocenters. The number of amides is 1. The van der Waals surface area contributed by atoms with Crippen molar-refractivity contribution in [1.29, 1.82) is 5.26 Å². The highest BCUT2D eigenvalue weighted by molar-refractivity contribution is 5.96. The van der Waals surface area contributed by atoms with E-state index in [9.17, 15) is 9.18 Å². The Kier molecular flexibility index (Phi) is 3.05. The van der Waals surface area contributed by atoms with E-state index in [4.69, 9.17) is 5.26 Å². The monoisotopic (exact) mass is 206 g/mol. The van der Waals surface area contributed by atoms with Gasteiger partial charge in [-0.15, -0.1) is 0 Å². The number of anilines is 1. The first-order valence-electron chi connectivity index (χ1n) is 4.44. The maximum atomic E-state index is 12.8. The summed E-state index contributed by atoms with van der Waals surface area (Å²) >= 11 is 0. The Balaban J connectivity index is 2.81. The molecule has 0 aliphatic carbocycles. The normalized spacial score (nSPS) is 10.5. The maximum absolute atomic E-state index is 12.8. The van der Waals surface area contributed by atoms with Gasteiger partial charge in [-0.05, 0) is 32.0 Å². The van der Waals surface area contributed by atoms with Crippen molar-refractivity contribution < 1.29 is 9.18 Å². The van der Waals surface area contributed by atoms with Crippen molar-refractivity contribution >= 4 is 11.6 Å². The molecule has 0 aromatic heterocycles. The second kappa shape index (κ2) is 4.09. The highest BCUT2D eigenvalue weighted by atomic mass is 19.1. The van der Waals surface area contributed by atoms with Crippen LogP contribution in [-0.2, 0) is 4.79 Å². The number of nitrogens with one attached hydrogen (secondary N) is 1. The predicted octanol–water partition coefficient (Wildman–Crippen LogP) is 2.31. The standard InChI is InChI=1S/C11H11FN2O/c1-11(2,7-13)10(15)14-9-5-3-4-8(12)6-9/h3-6H,1-2H3,(H,14,15). The number of rotatable bonds is 2. The zero-order chi connectivity index (χ0) is 11.5. The minimum absolute atomic E-state index is 0.350.